The molecule has 43 heavy (non-hydrogen) atoms. The number of hydrogen-bond donors (Lipinski definition) is 0. The number of carbonyl (C=O) groups excluding carboxylic acids is 1. The van der Waals surface area contributed by atoms with Crippen molar-refractivity contribution in [3.8, 4) is 11.5 Å². The minimum atomic E-state index is -6.63. The topological polar surface area (TPSA) is 35.5 Å². The van der Waals surface area contributed by atoms with Crippen LogP contribution in [0.5, 0.6) is 11.5 Å². The monoisotopic (exact) mass is 626 g/mol. The second-order valence-electron chi connectivity index (χ2n) is 13.5. The molecule has 0 N–H and O–H groups in total. The van der Waals surface area contributed by atoms with E-state index in [4.69, 9.17) is 4.74 Å². The van der Waals surface area contributed by atoms with Gasteiger partial charge < -0.3 is 9.47 Å². The van der Waals surface area contributed by atoms with Crippen LogP contribution in [0.4, 0.5) is 30.7 Å². The molecular weight excluding hydrogens is 577 g/mol. The molecule has 0 aromatic heterocycles. The molecule has 248 valence electrons. The molecule has 3 nitrogen and oxygen atoms in total. The zero-order valence-electron chi connectivity index (χ0n) is 26.9. The van der Waals surface area contributed by atoms with Crippen LogP contribution >= 0.6 is 0 Å². The maximum atomic E-state index is 14.0. The van der Waals surface area contributed by atoms with Crippen LogP contribution in [0, 0.1) is 38.5 Å². The van der Waals surface area contributed by atoms with E-state index in [1.54, 1.807) is 6.92 Å². The quantitative estimate of drug-likeness (QED) is 0.110. The normalized spacial score (nSPS) is 19.2. The second kappa shape index (κ2) is 14.4. The van der Waals surface area contributed by atoms with Gasteiger partial charge in [0.2, 0.25) is 0 Å². The van der Waals surface area contributed by atoms with Crippen molar-refractivity contribution in [1.29, 1.82) is 0 Å². The minimum Gasteiger partial charge on any atom is -0.487 e. The van der Waals surface area contributed by atoms with Crippen molar-refractivity contribution in [2.24, 2.45) is 17.8 Å². The number of hydrogen-bond acceptors (Lipinski definition) is 3. The Balaban J connectivity index is 2.01. The lowest BCUT2D eigenvalue weighted by Gasteiger charge is -2.38. The first-order valence-electron chi connectivity index (χ1n) is 15.5. The van der Waals surface area contributed by atoms with E-state index in [9.17, 15) is 35.5 Å². The first kappa shape index (κ1) is 37.2. The summed E-state index contributed by atoms with van der Waals surface area (Å²) in [4.78, 5) is 12.0. The van der Waals surface area contributed by atoms with Crippen molar-refractivity contribution < 1.29 is 45.0 Å². The van der Waals surface area contributed by atoms with Crippen molar-refractivity contribution >= 4 is 5.97 Å². The summed E-state index contributed by atoms with van der Waals surface area (Å²) in [5.41, 5.74) is 0.890. The van der Waals surface area contributed by atoms with Crippen LogP contribution in [0.25, 0.3) is 0 Å². The third kappa shape index (κ3) is 9.03. The fourth-order valence-electron chi connectivity index (χ4n) is 5.88. The predicted molar refractivity (Wildman–Crippen MR) is 154 cm³/mol. The fraction of sp³-hybridized carbons (Fsp3) is 0.788. The molecule has 3 unspecified atom stereocenters. The summed E-state index contributed by atoms with van der Waals surface area (Å²) < 4.78 is 103. The van der Waals surface area contributed by atoms with Gasteiger partial charge in [-0.05, 0) is 87.8 Å². The molecule has 1 aromatic rings. The molecule has 1 aliphatic heterocycles. The molecular formula is C33H49F7O3. The first-order valence-corrected chi connectivity index (χ1v) is 15.5. The Morgan fingerprint density at radius 2 is 1.33 bits per heavy atom. The summed E-state index contributed by atoms with van der Waals surface area (Å²) in [5, 5.41) is 0. The average molecular weight is 627 g/mol. The summed E-state index contributed by atoms with van der Waals surface area (Å²) in [6.07, 6.45) is 4.74. The lowest BCUT2D eigenvalue weighted by atomic mass is 9.83. The SMILES string of the molecule is Cc1c(C)c2c(c(C)c1OC(=O)C(F)(F)C(F)(F)C(F)(F)F)CCC(C)(CCCC(C)CCCC(C)CCCC(C)C)O2. The lowest BCUT2D eigenvalue weighted by molar-refractivity contribution is -0.346. The molecule has 1 aliphatic rings. The molecule has 10 heteroatoms. The molecule has 0 spiro atoms. The molecule has 0 aliphatic carbocycles. The highest BCUT2D eigenvalue weighted by molar-refractivity contribution is 5.82. The molecule has 3 atom stereocenters. The Morgan fingerprint density at radius 1 is 0.814 bits per heavy atom. The van der Waals surface area contributed by atoms with Gasteiger partial charge in [-0.15, -0.1) is 0 Å². The number of esters is 1. The van der Waals surface area contributed by atoms with Crippen molar-refractivity contribution in [2.45, 2.75) is 150 Å². The fourth-order valence-corrected chi connectivity index (χ4v) is 5.88. The van der Waals surface area contributed by atoms with Crippen LogP contribution in [0.3, 0.4) is 0 Å². The van der Waals surface area contributed by atoms with Crippen molar-refractivity contribution in [2.75, 3.05) is 0 Å². The highest BCUT2D eigenvalue weighted by Crippen LogP contribution is 2.49. The van der Waals surface area contributed by atoms with Crippen molar-refractivity contribution in [1.82, 2.24) is 0 Å². The number of halogens is 7. The Morgan fingerprint density at radius 3 is 1.84 bits per heavy atom. The van der Waals surface area contributed by atoms with Crippen LogP contribution in [-0.4, -0.2) is 29.6 Å². The number of ether oxygens (including phenoxy) is 2. The van der Waals surface area contributed by atoms with Crippen LogP contribution in [0.1, 0.15) is 121 Å². The molecule has 0 saturated heterocycles. The number of alkyl halides is 7. The Kier molecular flexibility index (Phi) is 12.5. The number of carbonyl (C=O) groups is 1. The summed E-state index contributed by atoms with van der Waals surface area (Å²) >= 11 is 0. The van der Waals surface area contributed by atoms with Gasteiger partial charge in [-0.25, -0.2) is 4.79 Å². The van der Waals surface area contributed by atoms with E-state index in [0.29, 0.717) is 35.6 Å². The summed E-state index contributed by atoms with van der Waals surface area (Å²) in [6.45, 7) is 15.6. The molecule has 2 rings (SSSR count). The smallest absolute Gasteiger partial charge is 0.460 e. The van der Waals surface area contributed by atoms with E-state index in [1.165, 1.54) is 52.4 Å². The second-order valence-corrected chi connectivity index (χ2v) is 13.5. The van der Waals surface area contributed by atoms with E-state index in [2.05, 4.69) is 32.4 Å². The van der Waals surface area contributed by atoms with Gasteiger partial charge in [0.15, 0.2) is 0 Å². The summed E-state index contributed by atoms with van der Waals surface area (Å²) in [6, 6.07) is 0. The highest BCUT2D eigenvalue weighted by Gasteiger charge is 2.77. The largest absolute Gasteiger partial charge is 0.487 e. The molecule has 0 radical (unpaired) electrons. The van der Waals surface area contributed by atoms with Gasteiger partial charge in [-0.3, -0.25) is 0 Å². The number of rotatable bonds is 15. The van der Waals surface area contributed by atoms with E-state index in [1.807, 2.05) is 6.92 Å². The van der Waals surface area contributed by atoms with Crippen LogP contribution < -0.4 is 9.47 Å². The maximum absolute atomic E-state index is 14.0. The summed E-state index contributed by atoms with van der Waals surface area (Å²) in [5.74, 6) is -13.5. The van der Waals surface area contributed by atoms with Crippen molar-refractivity contribution in [3.05, 3.63) is 22.3 Å². The number of fused-ring (bicyclic) bond motifs is 1. The van der Waals surface area contributed by atoms with Gasteiger partial charge >= 0.3 is 24.0 Å². The molecule has 0 fully saturated rings. The third-order valence-electron chi connectivity index (χ3n) is 9.04. The van der Waals surface area contributed by atoms with Gasteiger partial charge in [0, 0.05) is 5.56 Å². The number of benzene rings is 1. The van der Waals surface area contributed by atoms with E-state index >= 15 is 0 Å². The maximum Gasteiger partial charge on any atom is 0.460 e. The molecule has 0 amide bonds. The third-order valence-corrected chi connectivity index (χ3v) is 9.04. The van der Waals surface area contributed by atoms with Crippen molar-refractivity contribution in [3.63, 3.8) is 0 Å². The summed E-state index contributed by atoms with van der Waals surface area (Å²) in [7, 11) is 0. The molecule has 1 aromatic carbocycles. The van der Waals surface area contributed by atoms with Gasteiger partial charge in [-0.1, -0.05) is 72.6 Å². The Hall–Kier alpha value is -2.00. The average Bonchev–Trinajstić information content (AvgIpc) is 2.88. The predicted octanol–water partition coefficient (Wildman–Crippen LogP) is 10.9. The van der Waals surface area contributed by atoms with Gasteiger partial charge in [-0.2, -0.15) is 30.7 Å². The minimum absolute atomic E-state index is 0.159. The van der Waals surface area contributed by atoms with Gasteiger partial charge in [0.25, 0.3) is 0 Å². The molecule has 0 bridgehead atoms. The van der Waals surface area contributed by atoms with E-state index in [0.717, 1.165) is 31.1 Å². The highest BCUT2D eigenvalue weighted by atomic mass is 19.4. The van der Waals surface area contributed by atoms with Gasteiger partial charge in [0.1, 0.15) is 17.1 Å². The standard InChI is InChI=1S/C33H49F7O3/c1-20(2)12-9-13-21(3)14-10-15-22(4)16-11-18-30(8)19-17-26-25(7)27(23(5)24(6)28(26)43-30)42-29(41)31(34,35)32(36,37)33(38,39)40/h20-22H,9-19H2,1-8H3. The Bertz CT molecular complexity index is 1100. The van der Waals surface area contributed by atoms with Gasteiger partial charge in [0.05, 0.1) is 0 Å². The zero-order valence-corrected chi connectivity index (χ0v) is 26.9. The van der Waals surface area contributed by atoms with Crippen LogP contribution in [0.2, 0.25) is 0 Å². The van der Waals surface area contributed by atoms with E-state index < -0.39 is 35.3 Å². The Labute approximate surface area is 252 Å². The van der Waals surface area contributed by atoms with Crippen LogP contribution in [-0.2, 0) is 11.2 Å². The lowest BCUT2D eigenvalue weighted by Crippen LogP contribution is -2.57. The molecule has 0 saturated carbocycles. The van der Waals surface area contributed by atoms with E-state index in [-0.39, 0.29) is 11.1 Å². The zero-order chi connectivity index (χ0) is 33.0. The molecule has 1 heterocycles. The first-order chi connectivity index (χ1) is 19.6. The van der Waals surface area contributed by atoms with Crippen LogP contribution in [0.15, 0.2) is 0 Å².